The molecule has 0 unspecified atom stereocenters. The topological polar surface area (TPSA) is 158 Å². The maximum absolute atomic E-state index is 12.3. The van der Waals surface area contributed by atoms with Gasteiger partial charge in [0, 0.05) is 33.7 Å². The Balaban J connectivity index is -0.000000272. The van der Waals surface area contributed by atoms with E-state index in [9.17, 15) is 29.1 Å². The van der Waals surface area contributed by atoms with Gasteiger partial charge in [0.2, 0.25) is 5.91 Å². The first-order valence-electron chi connectivity index (χ1n) is 15.6. The summed E-state index contributed by atoms with van der Waals surface area (Å²) in [5.41, 5.74) is 0. The summed E-state index contributed by atoms with van der Waals surface area (Å²) in [6.45, 7) is 2.08. The Morgan fingerprint density at radius 2 is 0.936 bits per heavy atom. The molecule has 0 aromatic rings. The standard InChI is InChI=1S/C31H55NO8.CH4.6H2S.H2/c1-25(30(37)38)18-16-17-23-32-28(34)22-21-26(31(39)40)24-27(33)19-14-12-10-8-6-4-2-3-5-7-9-11-13-15-20-29(35)36;;;;;;;;/h25-26H,2-24H2,1H3,(H,32,34)(H,35,36)(H,37,38)(H,39,40);1H4;6*1H2;1H/t25-,26+;;;;;;;;/m0......../s1. The van der Waals surface area contributed by atoms with Crippen LogP contribution in [0.25, 0.3) is 0 Å². The number of nitrogens with one attached hydrogen (secondary N) is 1. The molecule has 0 bridgehead atoms. The lowest BCUT2D eigenvalue weighted by Crippen LogP contribution is -2.26. The second kappa shape index (κ2) is 45.6. The summed E-state index contributed by atoms with van der Waals surface area (Å²) in [6.07, 6.45) is 18.3. The van der Waals surface area contributed by atoms with Crippen LogP contribution >= 0.6 is 81.0 Å². The van der Waals surface area contributed by atoms with Crippen LogP contribution in [0.2, 0.25) is 0 Å². The van der Waals surface area contributed by atoms with Crippen molar-refractivity contribution in [1.29, 1.82) is 0 Å². The molecule has 0 aliphatic rings. The fourth-order valence-corrected chi connectivity index (χ4v) is 4.73. The van der Waals surface area contributed by atoms with Crippen LogP contribution in [0, 0.1) is 11.8 Å². The van der Waals surface area contributed by atoms with E-state index in [1.165, 1.54) is 44.9 Å². The van der Waals surface area contributed by atoms with Crippen LogP contribution in [-0.2, 0) is 24.0 Å². The van der Waals surface area contributed by atoms with E-state index in [0.29, 0.717) is 32.2 Å². The minimum absolute atomic E-state index is 0. The van der Waals surface area contributed by atoms with Crippen LogP contribution in [0.15, 0.2) is 0 Å². The molecule has 47 heavy (non-hydrogen) atoms. The number of carboxylic acid groups (broad SMARTS) is 3. The highest BCUT2D eigenvalue weighted by Crippen LogP contribution is 2.17. The molecule has 0 spiro atoms. The van der Waals surface area contributed by atoms with Crippen molar-refractivity contribution >= 4 is 111 Å². The number of ketones is 1. The Hall–Kier alpha value is -0.350. The number of hydrogen-bond donors (Lipinski definition) is 4. The monoisotopic (exact) mass is 791 g/mol. The summed E-state index contributed by atoms with van der Waals surface area (Å²) in [4.78, 5) is 57.1. The molecule has 0 aromatic carbocycles. The van der Waals surface area contributed by atoms with Gasteiger partial charge in [-0.3, -0.25) is 24.0 Å². The highest BCUT2D eigenvalue weighted by molar-refractivity contribution is 7.60. The van der Waals surface area contributed by atoms with Crippen LogP contribution in [0.4, 0.5) is 0 Å². The Morgan fingerprint density at radius 3 is 1.32 bits per heavy atom. The van der Waals surface area contributed by atoms with Crippen molar-refractivity contribution in [2.45, 2.75) is 156 Å². The van der Waals surface area contributed by atoms with Crippen molar-refractivity contribution < 1.29 is 40.7 Å². The largest absolute Gasteiger partial charge is 0.481 e. The quantitative estimate of drug-likeness (QED) is 0.0551. The van der Waals surface area contributed by atoms with Gasteiger partial charge in [-0.2, -0.15) is 81.0 Å². The number of rotatable bonds is 29. The minimum atomic E-state index is -1.04. The molecule has 0 rings (SSSR count). The molecule has 0 saturated heterocycles. The van der Waals surface area contributed by atoms with Crippen LogP contribution in [0.1, 0.15) is 157 Å². The molecule has 0 fully saturated rings. The van der Waals surface area contributed by atoms with Crippen molar-refractivity contribution in [3.8, 4) is 0 Å². The fourth-order valence-electron chi connectivity index (χ4n) is 4.73. The SMILES string of the molecule is C.C[C@@H](CCCCNC(=O)CC[C@H](CC(=O)CCCCCCCCCCCCCCCCC(=O)O)C(=O)O)C(=O)O.S.S.S.S.S.S.[HH]. The van der Waals surface area contributed by atoms with E-state index in [4.69, 9.17) is 10.2 Å². The predicted octanol–water partition coefficient (Wildman–Crippen LogP) is 8.32. The second-order valence-corrected chi connectivity index (χ2v) is 11.2. The highest BCUT2D eigenvalue weighted by atomic mass is 32.1. The van der Waals surface area contributed by atoms with Gasteiger partial charge in [-0.25, -0.2) is 0 Å². The zero-order chi connectivity index (χ0) is 30.0. The summed E-state index contributed by atoms with van der Waals surface area (Å²) in [5, 5.41) is 29.7. The van der Waals surface area contributed by atoms with Crippen molar-refractivity contribution in [2.75, 3.05) is 6.54 Å². The fraction of sp³-hybridized carbons (Fsp3) is 0.844. The first kappa shape index (κ1) is 65.1. The third-order valence-electron chi connectivity index (χ3n) is 7.45. The van der Waals surface area contributed by atoms with Gasteiger partial charge in [0.15, 0.2) is 0 Å². The smallest absolute Gasteiger partial charge is 0.306 e. The van der Waals surface area contributed by atoms with E-state index in [0.717, 1.165) is 44.9 Å². The van der Waals surface area contributed by atoms with Gasteiger partial charge >= 0.3 is 17.9 Å². The number of hydrogen-bond acceptors (Lipinski definition) is 5. The molecular formula is C32H73NO8S6. The molecule has 0 aromatic heterocycles. The number of aliphatic carboxylic acids is 3. The van der Waals surface area contributed by atoms with Gasteiger partial charge in [-0.1, -0.05) is 97.8 Å². The molecule has 0 aliphatic carbocycles. The summed E-state index contributed by atoms with van der Waals surface area (Å²) in [5.74, 6) is -4.11. The van der Waals surface area contributed by atoms with Gasteiger partial charge in [0.25, 0.3) is 0 Å². The highest BCUT2D eigenvalue weighted by Gasteiger charge is 2.22. The van der Waals surface area contributed by atoms with E-state index >= 15 is 0 Å². The minimum Gasteiger partial charge on any atom is -0.481 e. The molecule has 15 heteroatoms. The van der Waals surface area contributed by atoms with E-state index in [1.54, 1.807) is 6.92 Å². The van der Waals surface area contributed by atoms with E-state index in [1.807, 2.05) is 0 Å². The van der Waals surface area contributed by atoms with Gasteiger partial charge in [0.05, 0.1) is 11.8 Å². The third kappa shape index (κ3) is 45.7. The van der Waals surface area contributed by atoms with E-state index in [-0.39, 0.29) is 127 Å². The first-order valence-corrected chi connectivity index (χ1v) is 15.6. The van der Waals surface area contributed by atoms with E-state index < -0.39 is 29.7 Å². The molecule has 2 atom stereocenters. The molecule has 0 aliphatic heterocycles. The van der Waals surface area contributed by atoms with Crippen LogP contribution in [0.5, 0.6) is 0 Å². The average Bonchev–Trinajstić information content (AvgIpc) is 2.89. The molecule has 0 saturated carbocycles. The zero-order valence-electron chi connectivity index (χ0n) is 27.8. The second-order valence-electron chi connectivity index (χ2n) is 11.2. The molecule has 290 valence electrons. The van der Waals surface area contributed by atoms with Crippen molar-refractivity contribution in [2.24, 2.45) is 11.8 Å². The Labute approximate surface area is 328 Å². The molecule has 0 radical (unpaired) electrons. The maximum atomic E-state index is 12.3. The number of carboxylic acids is 3. The molecular weight excluding hydrogens is 719 g/mol. The predicted molar refractivity (Wildman–Crippen MR) is 226 cm³/mol. The number of unbranched alkanes of at least 4 members (excludes halogenated alkanes) is 14. The summed E-state index contributed by atoms with van der Waals surface area (Å²) < 4.78 is 0. The van der Waals surface area contributed by atoms with Crippen LogP contribution in [-0.4, -0.2) is 51.5 Å². The van der Waals surface area contributed by atoms with Crippen LogP contribution < -0.4 is 5.32 Å². The Kier molecular flexibility index (Phi) is 63.2. The lowest BCUT2D eigenvalue weighted by atomic mass is 9.94. The molecule has 0 heterocycles. The van der Waals surface area contributed by atoms with Gasteiger partial charge in [0.1, 0.15) is 5.78 Å². The molecule has 1 amide bonds. The lowest BCUT2D eigenvalue weighted by Gasteiger charge is -2.12. The maximum Gasteiger partial charge on any atom is 0.306 e. The van der Waals surface area contributed by atoms with Gasteiger partial charge < -0.3 is 20.6 Å². The Morgan fingerprint density at radius 1 is 0.532 bits per heavy atom. The van der Waals surface area contributed by atoms with Crippen LogP contribution in [0.3, 0.4) is 0 Å². The van der Waals surface area contributed by atoms with Crippen molar-refractivity contribution in [3.05, 3.63) is 0 Å². The molecule has 4 N–H and O–H groups in total. The summed E-state index contributed by atoms with van der Waals surface area (Å²) >= 11 is 0. The summed E-state index contributed by atoms with van der Waals surface area (Å²) in [7, 11) is 0. The zero-order valence-corrected chi connectivity index (χ0v) is 33.8. The summed E-state index contributed by atoms with van der Waals surface area (Å²) in [6, 6.07) is 0. The first-order chi connectivity index (χ1) is 19.1. The number of Topliss-reactive ketones (excluding diaryl/α,β-unsaturated/α-hetero) is 1. The normalized spacial score (nSPS) is 10.7. The number of amides is 1. The number of carbonyl (C=O) groups excluding carboxylic acids is 2. The average molecular weight is 792 g/mol. The van der Waals surface area contributed by atoms with Crippen molar-refractivity contribution in [1.82, 2.24) is 5.32 Å². The van der Waals surface area contributed by atoms with Gasteiger partial charge in [-0.15, -0.1) is 0 Å². The van der Waals surface area contributed by atoms with Crippen molar-refractivity contribution in [3.63, 3.8) is 0 Å². The van der Waals surface area contributed by atoms with Gasteiger partial charge in [-0.05, 0) is 32.1 Å². The molecule has 9 nitrogen and oxygen atoms in total. The lowest BCUT2D eigenvalue weighted by molar-refractivity contribution is -0.144. The number of carbonyl (C=O) groups is 5. The van der Waals surface area contributed by atoms with E-state index in [2.05, 4.69) is 5.32 Å². The Bertz CT molecular complexity index is 757. The third-order valence-corrected chi connectivity index (χ3v) is 7.45.